The van der Waals surface area contributed by atoms with Crippen molar-refractivity contribution in [1.29, 1.82) is 0 Å². The molecule has 1 aliphatic rings. The predicted molar refractivity (Wildman–Crippen MR) is 69.1 cm³/mol. The molecule has 0 aliphatic carbocycles. The van der Waals surface area contributed by atoms with E-state index in [0.717, 1.165) is 13.0 Å². The number of amides is 1. The fourth-order valence-corrected chi connectivity index (χ4v) is 1.99. The van der Waals surface area contributed by atoms with Crippen LogP contribution in [0.3, 0.4) is 0 Å². The Bertz CT molecular complexity index is 230. The van der Waals surface area contributed by atoms with Gasteiger partial charge in [-0.3, -0.25) is 0 Å². The molecule has 1 amide bonds. The molecule has 1 saturated heterocycles. The van der Waals surface area contributed by atoms with Crippen molar-refractivity contribution in [3.63, 3.8) is 0 Å². The lowest BCUT2D eigenvalue weighted by atomic mass is 10.1. The van der Waals surface area contributed by atoms with Crippen LogP contribution in [0, 0.1) is 0 Å². The van der Waals surface area contributed by atoms with Crippen LogP contribution in [0.4, 0.5) is 4.79 Å². The number of nitrogens with one attached hydrogen (secondary N) is 1. The van der Waals surface area contributed by atoms with E-state index >= 15 is 0 Å². The van der Waals surface area contributed by atoms with Crippen LogP contribution in [0.5, 0.6) is 0 Å². The first-order valence-corrected chi connectivity index (χ1v) is 6.66. The molecule has 4 nitrogen and oxygen atoms in total. The van der Waals surface area contributed by atoms with Crippen LogP contribution in [-0.4, -0.2) is 42.8 Å². The Morgan fingerprint density at radius 2 is 1.88 bits per heavy atom. The number of ether oxygens (including phenoxy) is 1. The van der Waals surface area contributed by atoms with Gasteiger partial charge in [-0.1, -0.05) is 6.42 Å². The highest BCUT2D eigenvalue weighted by Crippen LogP contribution is 2.08. The fraction of sp³-hybridized carbons (Fsp3) is 0.923. The fourth-order valence-electron chi connectivity index (χ4n) is 1.99. The normalized spacial score (nSPS) is 17.8. The number of piperidine rings is 1. The molecule has 1 heterocycles. The second-order valence-corrected chi connectivity index (χ2v) is 5.68. The zero-order chi connectivity index (χ0) is 12.7. The molecule has 0 atom stereocenters. The standard InChI is InChI=1S/C13H26N2O2/c1-13(2,3)17-12(16)14-8-7-11-15-9-5-4-6-10-15/h4-11H2,1-3H3,(H,14,16). The summed E-state index contributed by atoms with van der Waals surface area (Å²) in [7, 11) is 0. The summed E-state index contributed by atoms with van der Waals surface area (Å²) >= 11 is 0. The molecule has 4 heteroatoms. The van der Waals surface area contributed by atoms with Gasteiger partial charge in [-0.05, 0) is 59.7 Å². The van der Waals surface area contributed by atoms with Gasteiger partial charge in [0.1, 0.15) is 5.60 Å². The zero-order valence-corrected chi connectivity index (χ0v) is 11.4. The Kier molecular flexibility index (Phi) is 5.75. The molecule has 17 heavy (non-hydrogen) atoms. The van der Waals surface area contributed by atoms with Crippen LogP contribution in [0.15, 0.2) is 0 Å². The Morgan fingerprint density at radius 3 is 2.47 bits per heavy atom. The third-order valence-electron chi connectivity index (χ3n) is 2.77. The van der Waals surface area contributed by atoms with E-state index in [1.54, 1.807) is 0 Å². The Hall–Kier alpha value is -0.770. The summed E-state index contributed by atoms with van der Waals surface area (Å²) in [6, 6.07) is 0. The molecule has 0 saturated carbocycles. The second kappa shape index (κ2) is 6.84. The molecular formula is C13H26N2O2. The van der Waals surface area contributed by atoms with E-state index in [-0.39, 0.29) is 6.09 Å². The summed E-state index contributed by atoms with van der Waals surface area (Å²) in [4.78, 5) is 13.8. The van der Waals surface area contributed by atoms with Gasteiger partial charge in [0.05, 0.1) is 0 Å². The Morgan fingerprint density at radius 1 is 1.24 bits per heavy atom. The minimum atomic E-state index is -0.406. The third-order valence-corrected chi connectivity index (χ3v) is 2.77. The van der Waals surface area contributed by atoms with E-state index in [0.29, 0.717) is 6.54 Å². The molecule has 1 rings (SSSR count). The minimum Gasteiger partial charge on any atom is -0.444 e. The number of carbonyl (C=O) groups excluding carboxylic acids is 1. The topological polar surface area (TPSA) is 41.6 Å². The lowest BCUT2D eigenvalue weighted by Gasteiger charge is -2.26. The molecule has 0 radical (unpaired) electrons. The molecule has 0 aromatic carbocycles. The van der Waals surface area contributed by atoms with Crippen LogP contribution in [-0.2, 0) is 4.74 Å². The van der Waals surface area contributed by atoms with Gasteiger partial charge in [0.15, 0.2) is 0 Å². The summed E-state index contributed by atoms with van der Waals surface area (Å²) < 4.78 is 5.17. The van der Waals surface area contributed by atoms with Crippen molar-refractivity contribution in [2.24, 2.45) is 0 Å². The summed E-state index contributed by atoms with van der Waals surface area (Å²) in [6.45, 7) is 9.83. The first-order chi connectivity index (χ1) is 7.97. The van der Waals surface area contributed by atoms with E-state index in [4.69, 9.17) is 4.74 Å². The number of nitrogens with zero attached hydrogens (tertiary/aromatic N) is 1. The molecule has 100 valence electrons. The van der Waals surface area contributed by atoms with E-state index in [9.17, 15) is 4.79 Å². The van der Waals surface area contributed by atoms with Crippen molar-refractivity contribution in [3.05, 3.63) is 0 Å². The summed E-state index contributed by atoms with van der Waals surface area (Å²) in [5.74, 6) is 0. The summed E-state index contributed by atoms with van der Waals surface area (Å²) in [5.41, 5.74) is -0.406. The van der Waals surface area contributed by atoms with E-state index < -0.39 is 5.60 Å². The highest BCUT2D eigenvalue weighted by molar-refractivity contribution is 5.67. The van der Waals surface area contributed by atoms with Gasteiger partial charge in [0.25, 0.3) is 0 Å². The van der Waals surface area contributed by atoms with Crippen molar-refractivity contribution in [2.75, 3.05) is 26.2 Å². The van der Waals surface area contributed by atoms with Crippen LogP contribution in [0.1, 0.15) is 46.5 Å². The average molecular weight is 242 g/mol. The van der Waals surface area contributed by atoms with Crippen molar-refractivity contribution < 1.29 is 9.53 Å². The number of likely N-dealkylation sites (tertiary alicyclic amines) is 1. The second-order valence-electron chi connectivity index (χ2n) is 5.68. The van der Waals surface area contributed by atoms with Gasteiger partial charge in [-0.2, -0.15) is 0 Å². The van der Waals surface area contributed by atoms with Crippen molar-refractivity contribution in [2.45, 2.75) is 52.1 Å². The minimum absolute atomic E-state index is 0.309. The maximum atomic E-state index is 11.4. The van der Waals surface area contributed by atoms with Crippen molar-refractivity contribution in [3.8, 4) is 0 Å². The van der Waals surface area contributed by atoms with Crippen LogP contribution < -0.4 is 5.32 Å². The maximum absolute atomic E-state index is 11.4. The largest absolute Gasteiger partial charge is 0.444 e. The first-order valence-electron chi connectivity index (χ1n) is 6.66. The zero-order valence-electron chi connectivity index (χ0n) is 11.4. The summed E-state index contributed by atoms with van der Waals surface area (Å²) in [5, 5.41) is 2.79. The Balaban J connectivity index is 2.01. The van der Waals surface area contributed by atoms with Gasteiger partial charge in [0, 0.05) is 6.54 Å². The monoisotopic (exact) mass is 242 g/mol. The van der Waals surface area contributed by atoms with Crippen LogP contribution >= 0.6 is 0 Å². The van der Waals surface area contributed by atoms with Gasteiger partial charge in [-0.15, -0.1) is 0 Å². The molecule has 1 aliphatic heterocycles. The van der Waals surface area contributed by atoms with Gasteiger partial charge in [0.2, 0.25) is 0 Å². The maximum Gasteiger partial charge on any atom is 0.407 e. The number of rotatable bonds is 4. The molecule has 1 fully saturated rings. The highest BCUT2D eigenvalue weighted by atomic mass is 16.6. The lowest BCUT2D eigenvalue weighted by Crippen LogP contribution is -2.35. The lowest BCUT2D eigenvalue weighted by molar-refractivity contribution is 0.0525. The van der Waals surface area contributed by atoms with Crippen molar-refractivity contribution >= 4 is 6.09 Å². The Labute approximate surface area is 105 Å². The van der Waals surface area contributed by atoms with Gasteiger partial charge >= 0.3 is 6.09 Å². The van der Waals surface area contributed by atoms with E-state index in [2.05, 4.69) is 10.2 Å². The smallest absolute Gasteiger partial charge is 0.407 e. The van der Waals surface area contributed by atoms with Crippen LogP contribution in [0.25, 0.3) is 0 Å². The molecule has 1 N–H and O–H groups in total. The van der Waals surface area contributed by atoms with E-state index in [1.165, 1.54) is 32.4 Å². The molecule has 0 spiro atoms. The van der Waals surface area contributed by atoms with Crippen LogP contribution in [0.2, 0.25) is 0 Å². The third kappa shape index (κ3) is 7.21. The quantitative estimate of drug-likeness (QED) is 0.770. The molecule has 0 aromatic heterocycles. The SMILES string of the molecule is CC(C)(C)OC(=O)NCCCN1CCCCC1. The molecule has 0 bridgehead atoms. The van der Waals surface area contributed by atoms with Gasteiger partial charge < -0.3 is 15.0 Å². The summed E-state index contributed by atoms with van der Waals surface area (Å²) in [6.07, 6.45) is 4.70. The molecular weight excluding hydrogens is 216 g/mol. The average Bonchev–Trinajstić information content (AvgIpc) is 2.23. The molecule has 0 unspecified atom stereocenters. The predicted octanol–water partition coefficient (Wildman–Crippen LogP) is 2.39. The highest BCUT2D eigenvalue weighted by Gasteiger charge is 2.15. The van der Waals surface area contributed by atoms with Gasteiger partial charge in [-0.25, -0.2) is 4.79 Å². The number of alkyl carbamates (subject to hydrolysis) is 1. The van der Waals surface area contributed by atoms with E-state index in [1.807, 2.05) is 20.8 Å². The number of hydrogen-bond acceptors (Lipinski definition) is 3. The number of hydrogen-bond donors (Lipinski definition) is 1. The molecule has 0 aromatic rings. The first kappa shape index (κ1) is 14.3. The van der Waals surface area contributed by atoms with Crippen molar-refractivity contribution in [1.82, 2.24) is 10.2 Å². The number of carbonyl (C=O) groups is 1.